The van der Waals surface area contributed by atoms with Crippen LogP contribution in [-0.2, 0) is 16.1 Å². The summed E-state index contributed by atoms with van der Waals surface area (Å²) in [5.41, 5.74) is 0.000756. The number of benzene rings is 1. The summed E-state index contributed by atoms with van der Waals surface area (Å²) in [6, 6.07) is 8.15. The fourth-order valence-corrected chi connectivity index (χ4v) is 5.88. The monoisotopic (exact) mass is 332 g/mol. The Labute approximate surface area is 141 Å². The van der Waals surface area contributed by atoms with Gasteiger partial charge in [-0.25, -0.2) is 0 Å². The standard InChI is InChI=1S/C19H24O3S/c1-23-16-4-2-13(3-5-16)11-22-17(20)18-7-14-6-15(8-18)10-19(21,9-14)12-18/h2-5,14-15,21H,6-12H2,1H3/t14-,15+,18?,19?. The molecule has 5 rings (SSSR count). The molecule has 0 aliphatic heterocycles. The first-order valence-corrected chi connectivity index (χ1v) is 9.75. The molecule has 1 aromatic carbocycles. The highest BCUT2D eigenvalue weighted by atomic mass is 32.2. The van der Waals surface area contributed by atoms with E-state index in [-0.39, 0.29) is 5.97 Å². The largest absolute Gasteiger partial charge is 0.460 e. The second-order valence-corrected chi connectivity index (χ2v) is 8.77. The smallest absolute Gasteiger partial charge is 0.312 e. The van der Waals surface area contributed by atoms with Crippen molar-refractivity contribution in [3.8, 4) is 0 Å². The number of thioether (sulfide) groups is 1. The van der Waals surface area contributed by atoms with Crippen LogP contribution in [0.3, 0.4) is 0 Å². The maximum absolute atomic E-state index is 12.8. The Morgan fingerprint density at radius 3 is 2.43 bits per heavy atom. The second kappa shape index (κ2) is 5.52. The van der Waals surface area contributed by atoms with Crippen LogP contribution >= 0.6 is 11.8 Å². The van der Waals surface area contributed by atoms with Crippen LogP contribution in [0.5, 0.6) is 0 Å². The molecule has 4 saturated carbocycles. The van der Waals surface area contributed by atoms with E-state index in [1.54, 1.807) is 11.8 Å². The molecule has 4 heteroatoms. The van der Waals surface area contributed by atoms with Gasteiger partial charge < -0.3 is 9.84 Å². The molecule has 0 aromatic heterocycles. The Bertz CT molecular complexity index is 596. The first-order valence-electron chi connectivity index (χ1n) is 8.53. The highest BCUT2D eigenvalue weighted by molar-refractivity contribution is 7.98. The van der Waals surface area contributed by atoms with Gasteiger partial charge in [0.2, 0.25) is 0 Å². The van der Waals surface area contributed by atoms with E-state index in [4.69, 9.17) is 4.74 Å². The van der Waals surface area contributed by atoms with E-state index in [1.165, 1.54) is 11.3 Å². The maximum atomic E-state index is 12.8. The van der Waals surface area contributed by atoms with E-state index in [9.17, 15) is 9.90 Å². The first-order chi connectivity index (χ1) is 11.0. The third kappa shape index (κ3) is 2.80. The van der Waals surface area contributed by atoms with Crippen LogP contribution in [0.15, 0.2) is 29.2 Å². The number of carbonyl (C=O) groups is 1. The third-order valence-corrected chi connectivity index (χ3v) is 6.74. The van der Waals surface area contributed by atoms with Gasteiger partial charge in [0.05, 0.1) is 11.0 Å². The summed E-state index contributed by atoms with van der Waals surface area (Å²) in [6.07, 6.45) is 7.44. The van der Waals surface area contributed by atoms with Gasteiger partial charge in [-0.15, -0.1) is 11.8 Å². The quantitative estimate of drug-likeness (QED) is 0.673. The molecule has 0 amide bonds. The number of ether oxygens (including phenoxy) is 1. The second-order valence-electron chi connectivity index (χ2n) is 7.89. The van der Waals surface area contributed by atoms with E-state index in [1.807, 2.05) is 18.4 Å². The van der Waals surface area contributed by atoms with Crippen molar-refractivity contribution in [3.05, 3.63) is 29.8 Å². The van der Waals surface area contributed by atoms with Crippen LogP contribution in [0.25, 0.3) is 0 Å². The Hall–Kier alpha value is -1.00. The van der Waals surface area contributed by atoms with E-state index >= 15 is 0 Å². The number of aliphatic hydroxyl groups is 1. The molecule has 4 fully saturated rings. The third-order valence-electron chi connectivity index (χ3n) is 5.99. The van der Waals surface area contributed by atoms with Crippen molar-refractivity contribution in [2.75, 3.05) is 6.26 Å². The zero-order chi connectivity index (χ0) is 16.1. The van der Waals surface area contributed by atoms with Gasteiger partial charge in [-0.3, -0.25) is 4.79 Å². The van der Waals surface area contributed by atoms with E-state index in [0.717, 1.165) is 31.2 Å². The molecule has 4 atom stereocenters. The lowest BCUT2D eigenvalue weighted by molar-refractivity contribution is -0.197. The van der Waals surface area contributed by atoms with Crippen LogP contribution in [0.1, 0.15) is 44.1 Å². The number of esters is 1. The van der Waals surface area contributed by atoms with Crippen molar-refractivity contribution in [1.29, 1.82) is 0 Å². The Morgan fingerprint density at radius 2 is 1.87 bits per heavy atom. The highest BCUT2D eigenvalue weighted by Crippen LogP contribution is 2.62. The molecule has 4 bridgehead atoms. The molecule has 3 nitrogen and oxygen atoms in total. The minimum atomic E-state index is -0.608. The molecule has 1 aromatic rings. The minimum Gasteiger partial charge on any atom is -0.460 e. The van der Waals surface area contributed by atoms with Gasteiger partial charge >= 0.3 is 5.97 Å². The van der Waals surface area contributed by atoms with E-state index < -0.39 is 11.0 Å². The first kappa shape index (κ1) is 15.5. The lowest BCUT2D eigenvalue weighted by atomic mass is 9.48. The van der Waals surface area contributed by atoms with E-state index in [0.29, 0.717) is 24.9 Å². The summed E-state index contributed by atoms with van der Waals surface area (Å²) in [4.78, 5) is 14.0. The minimum absolute atomic E-state index is 0.0843. The summed E-state index contributed by atoms with van der Waals surface area (Å²) in [5.74, 6) is 0.934. The van der Waals surface area contributed by atoms with Crippen molar-refractivity contribution in [1.82, 2.24) is 0 Å². The van der Waals surface area contributed by atoms with Gasteiger partial charge in [-0.1, -0.05) is 12.1 Å². The highest BCUT2D eigenvalue weighted by Gasteiger charge is 2.60. The van der Waals surface area contributed by atoms with Crippen LogP contribution in [-0.4, -0.2) is 22.9 Å². The van der Waals surface area contributed by atoms with Crippen molar-refractivity contribution in [3.63, 3.8) is 0 Å². The van der Waals surface area contributed by atoms with Crippen molar-refractivity contribution in [2.45, 2.75) is 55.6 Å². The zero-order valence-corrected chi connectivity index (χ0v) is 14.4. The van der Waals surface area contributed by atoms with Crippen LogP contribution in [0.2, 0.25) is 0 Å². The van der Waals surface area contributed by atoms with Gasteiger partial charge in [0.1, 0.15) is 6.61 Å². The SMILES string of the molecule is CSc1ccc(COC(=O)C23C[C@@H]4C[C@@H](CC(O)(C4)C2)C3)cc1. The van der Waals surface area contributed by atoms with Gasteiger partial charge in [-0.2, -0.15) is 0 Å². The van der Waals surface area contributed by atoms with Crippen LogP contribution in [0, 0.1) is 17.3 Å². The molecule has 0 spiro atoms. The molecular formula is C19H24O3S. The van der Waals surface area contributed by atoms with Crippen molar-refractivity contribution >= 4 is 17.7 Å². The lowest BCUT2D eigenvalue weighted by Crippen LogP contribution is -2.58. The summed E-state index contributed by atoms with van der Waals surface area (Å²) < 4.78 is 5.67. The van der Waals surface area contributed by atoms with Crippen LogP contribution < -0.4 is 0 Å². The number of hydrogen-bond donors (Lipinski definition) is 1. The summed E-state index contributed by atoms with van der Waals surface area (Å²) in [5, 5.41) is 10.7. The number of hydrogen-bond acceptors (Lipinski definition) is 4. The van der Waals surface area contributed by atoms with Gasteiger partial charge in [0.15, 0.2) is 0 Å². The summed E-state index contributed by atoms with van der Waals surface area (Å²) in [6.45, 7) is 0.336. The molecule has 0 heterocycles. The fraction of sp³-hybridized carbons (Fsp3) is 0.632. The summed E-state index contributed by atoms with van der Waals surface area (Å²) >= 11 is 1.70. The average Bonchev–Trinajstić information content (AvgIpc) is 2.50. The lowest BCUT2D eigenvalue weighted by Gasteiger charge is -2.58. The zero-order valence-electron chi connectivity index (χ0n) is 13.6. The van der Waals surface area contributed by atoms with Gasteiger partial charge in [0.25, 0.3) is 0 Å². The Morgan fingerprint density at radius 1 is 1.22 bits per heavy atom. The van der Waals surface area contributed by atoms with Crippen LogP contribution in [0.4, 0.5) is 0 Å². The average molecular weight is 332 g/mol. The molecule has 2 unspecified atom stereocenters. The van der Waals surface area contributed by atoms with Gasteiger partial charge in [0, 0.05) is 4.90 Å². The molecule has 4 aliphatic carbocycles. The summed E-state index contributed by atoms with van der Waals surface area (Å²) in [7, 11) is 0. The number of carbonyl (C=O) groups excluding carboxylic acids is 1. The predicted octanol–water partition coefficient (Wildman–Crippen LogP) is 3.78. The predicted molar refractivity (Wildman–Crippen MR) is 90.1 cm³/mol. The van der Waals surface area contributed by atoms with Crippen molar-refractivity contribution in [2.24, 2.45) is 17.3 Å². The maximum Gasteiger partial charge on any atom is 0.312 e. The Kier molecular flexibility index (Phi) is 3.73. The topological polar surface area (TPSA) is 46.5 Å². The fourth-order valence-electron chi connectivity index (χ4n) is 5.48. The molecule has 1 N–H and O–H groups in total. The van der Waals surface area contributed by atoms with E-state index in [2.05, 4.69) is 12.1 Å². The number of rotatable bonds is 4. The normalized spacial score (nSPS) is 37.8. The molecule has 4 aliphatic rings. The van der Waals surface area contributed by atoms with Gasteiger partial charge in [-0.05, 0) is 74.3 Å². The molecule has 0 saturated heterocycles. The molecule has 0 radical (unpaired) electrons. The molecule has 23 heavy (non-hydrogen) atoms. The molecular weight excluding hydrogens is 308 g/mol. The van der Waals surface area contributed by atoms with Crippen molar-refractivity contribution < 1.29 is 14.6 Å². The molecule has 124 valence electrons. The Balaban J connectivity index is 1.44.